The summed E-state index contributed by atoms with van der Waals surface area (Å²) in [7, 11) is 0. The van der Waals surface area contributed by atoms with E-state index in [0.29, 0.717) is 0 Å². The van der Waals surface area contributed by atoms with Crippen molar-refractivity contribution in [3.05, 3.63) is 47.7 Å². The Kier molecular flexibility index (Phi) is 2.75. The van der Waals surface area contributed by atoms with Gasteiger partial charge in [-0.2, -0.15) is 0 Å². The van der Waals surface area contributed by atoms with Gasteiger partial charge in [0.15, 0.2) is 5.76 Å². The fourth-order valence-electron chi connectivity index (χ4n) is 1.31. The van der Waals surface area contributed by atoms with Crippen LogP contribution in [0, 0.1) is 11.6 Å². The Morgan fingerprint density at radius 2 is 1.75 bits per heavy atom. The van der Waals surface area contributed by atoms with Gasteiger partial charge in [0, 0.05) is 0 Å². The zero-order valence-corrected chi connectivity index (χ0v) is 8.59. The normalized spacial score (nSPS) is 10.4. The summed E-state index contributed by atoms with van der Waals surface area (Å²) in [5.74, 6) is -1.75. The van der Waals surface area contributed by atoms with Gasteiger partial charge in [-0.1, -0.05) is 6.07 Å². The van der Waals surface area contributed by atoms with Crippen LogP contribution in [-0.4, -0.2) is 5.24 Å². The van der Waals surface area contributed by atoms with Crippen LogP contribution in [0.5, 0.6) is 0 Å². The van der Waals surface area contributed by atoms with Gasteiger partial charge in [0.1, 0.15) is 17.4 Å². The van der Waals surface area contributed by atoms with E-state index in [1.54, 1.807) is 0 Å². The summed E-state index contributed by atoms with van der Waals surface area (Å²) in [5.41, 5.74) is -0.313. The highest BCUT2D eigenvalue weighted by molar-refractivity contribution is 6.67. The molecule has 0 aliphatic rings. The first-order valence-electron chi connectivity index (χ1n) is 4.33. The topological polar surface area (TPSA) is 30.2 Å². The first-order chi connectivity index (χ1) is 7.59. The van der Waals surface area contributed by atoms with Gasteiger partial charge in [0.05, 0.1) is 5.56 Å². The van der Waals surface area contributed by atoms with E-state index in [1.165, 1.54) is 18.2 Å². The highest BCUT2D eigenvalue weighted by atomic mass is 35.5. The van der Waals surface area contributed by atoms with Gasteiger partial charge in [-0.05, 0) is 35.9 Å². The van der Waals surface area contributed by atoms with Gasteiger partial charge >= 0.3 is 0 Å². The molecule has 0 spiro atoms. The quantitative estimate of drug-likeness (QED) is 0.753. The zero-order valence-electron chi connectivity index (χ0n) is 7.84. The minimum Gasteiger partial charge on any atom is -0.451 e. The lowest BCUT2D eigenvalue weighted by Crippen LogP contribution is -1.88. The van der Waals surface area contributed by atoms with Gasteiger partial charge in [-0.3, -0.25) is 4.79 Å². The molecular formula is C11H5ClF2O2. The summed E-state index contributed by atoms with van der Waals surface area (Å²) < 4.78 is 31.6. The Morgan fingerprint density at radius 1 is 1.12 bits per heavy atom. The highest BCUT2D eigenvalue weighted by Crippen LogP contribution is 2.28. The van der Waals surface area contributed by atoms with E-state index >= 15 is 0 Å². The third kappa shape index (κ3) is 1.84. The maximum absolute atomic E-state index is 13.3. The van der Waals surface area contributed by atoms with Crippen molar-refractivity contribution in [1.29, 1.82) is 0 Å². The SMILES string of the molecule is O=C(Cl)c1ccc(-c2c(F)cccc2F)o1. The van der Waals surface area contributed by atoms with Gasteiger partial charge < -0.3 is 4.42 Å². The predicted molar refractivity (Wildman–Crippen MR) is 54.2 cm³/mol. The number of hydrogen-bond acceptors (Lipinski definition) is 2. The van der Waals surface area contributed by atoms with Crippen LogP contribution < -0.4 is 0 Å². The van der Waals surface area contributed by atoms with Crippen LogP contribution in [0.25, 0.3) is 11.3 Å². The molecule has 2 rings (SSSR count). The molecule has 0 amide bonds. The van der Waals surface area contributed by atoms with Crippen LogP contribution in [0.2, 0.25) is 0 Å². The largest absolute Gasteiger partial charge is 0.451 e. The second-order valence-electron chi connectivity index (χ2n) is 3.03. The Bertz CT molecular complexity index is 528. The molecule has 0 radical (unpaired) electrons. The molecule has 0 aliphatic carbocycles. The third-order valence-corrected chi connectivity index (χ3v) is 2.20. The van der Waals surface area contributed by atoms with Gasteiger partial charge in [-0.25, -0.2) is 8.78 Å². The molecule has 0 saturated carbocycles. The Hall–Kier alpha value is -1.68. The van der Waals surface area contributed by atoms with E-state index in [2.05, 4.69) is 0 Å². The zero-order chi connectivity index (χ0) is 11.7. The van der Waals surface area contributed by atoms with Crippen molar-refractivity contribution in [3.8, 4) is 11.3 Å². The molecule has 2 aromatic rings. The lowest BCUT2D eigenvalue weighted by Gasteiger charge is -2.00. The molecular weight excluding hydrogens is 238 g/mol. The lowest BCUT2D eigenvalue weighted by atomic mass is 10.1. The number of carbonyl (C=O) groups excluding carboxylic acids is 1. The van der Waals surface area contributed by atoms with Crippen molar-refractivity contribution in [2.45, 2.75) is 0 Å². The minimum absolute atomic E-state index is 0.0698. The van der Waals surface area contributed by atoms with E-state index in [9.17, 15) is 13.6 Å². The molecule has 0 atom stereocenters. The molecule has 82 valence electrons. The molecule has 1 aromatic carbocycles. The van der Waals surface area contributed by atoms with Crippen molar-refractivity contribution >= 4 is 16.8 Å². The van der Waals surface area contributed by atoms with Crippen LogP contribution >= 0.6 is 11.6 Å². The fourth-order valence-corrected chi connectivity index (χ4v) is 1.41. The second kappa shape index (κ2) is 4.06. The summed E-state index contributed by atoms with van der Waals surface area (Å²) in [5, 5.41) is -0.817. The smallest absolute Gasteiger partial charge is 0.287 e. The molecule has 0 aliphatic heterocycles. The van der Waals surface area contributed by atoms with Crippen molar-refractivity contribution in [2.75, 3.05) is 0 Å². The van der Waals surface area contributed by atoms with Crippen molar-refractivity contribution in [3.63, 3.8) is 0 Å². The molecule has 0 unspecified atom stereocenters. The lowest BCUT2D eigenvalue weighted by molar-refractivity contribution is 0.105. The van der Waals surface area contributed by atoms with Crippen molar-refractivity contribution in [2.24, 2.45) is 0 Å². The van der Waals surface area contributed by atoms with Crippen LogP contribution in [0.1, 0.15) is 10.6 Å². The average molecular weight is 243 g/mol. The summed E-state index contributed by atoms with van der Waals surface area (Å²) in [6.45, 7) is 0. The maximum Gasteiger partial charge on any atom is 0.287 e. The predicted octanol–water partition coefficient (Wildman–Crippen LogP) is 3.60. The average Bonchev–Trinajstić information content (AvgIpc) is 2.66. The van der Waals surface area contributed by atoms with Gasteiger partial charge in [0.2, 0.25) is 0 Å². The molecule has 0 bridgehead atoms. The Balaban J connectivity index is 2.54. The first-order valence-corrected chi connectivity index (χ1v) is 4.71. The number of carbonyl (C=O) groups is 1. The molecule has 0 N–H and O–H groups in total. The second-order valence-corrected chi connectivity index (χ2v) is 3.38. The molecule has 16 heavy (non-hydrogen) atoms. The standard InChI is InChI=1S/C11H5ClF2O2/c12-11(15)9-5-4-8(16-9)10-6(13)2-1-3-7(10)14/h1-5H. The first kappa shape index (κ1) is 10.8. The van der Waals surface area contributed by atoms with Crippen molar-refractivity contribution < 1.29 is 18.0 Å². The number of rotatable bonds is 2. The van der Waals surface area contributed by atoms with Crippen LogP contribution in [-0.2, 0) is 0 Å². The summed E-state index contributed by atoms with van der Waals surface area (Å²) >= 11 is 5.16. The monoisotopic (exact) mass is 242 g/mol. The number of benzene rings is 1. The minimum atomic E-state index is -0.817. The van der Waals surface area contributed by atoms with E-state index in [0.717, 1.165) is 12.1 Å². The van der Waals surface area contributed by atoms with Crippen LogP contribution in [0.3, 0.4) is 0 Å². The number of furan rings is 1. The van der Waals surface area contributed by atoms with Gasteiger partial charge in [-0.15, -0.1) is 0 Å². The fraction of sp³-hybridized carbons (Fsp3) is 0. The van der Waals surface area contributed by atoms with E-state index in [-0.39, 0.29) is 17.1 Å². The Morgan fingerprint density at radius 3 is 2.25 bits per heavy atom. The number of halogens is 3. The third-order valence-electron chi connectivity index (χ3n) is 2.01. The summed E-state index contributed by atoms with van der Waals surface area (Å²) in [6, 6.07) is 5.99. The number of hydrogen-bond donors (Lipinski definition) is 0. The van der Waals surface area contributed by atoms with Crippen molar-refractivity contribution in [1.82, 2.24) is 0 Å². The van der Waals surface area contributed by atoms with E-state index in [4.69, 9.17) is 16.0 Å². The van der Waals surface area contributed by atoms with Gasteiger partial charge in [0.25, 0.3) is 5.24 Å². The van der Waals surface area contributed by atoms with E-state index in [1.807, 2.05) is 0 Å². The molecule has 5 heteroatoms. The highest BCUT2D eigenvalue weighted by Gasteiger charge is 2.16. The molecule has 0 fully saturated rings. The molecule has 0 saturated heterocycles. The Labute approximate surface area is 94.4 Å². The van der Waals surface area contributed by atoms with Crippen LogP contribution in [0.4, 0.5) is 8.78 Å². The molecule has 1 heterocycles. The maximum atomic E-state index is 13.3. The molecule has 2 nitrogen and oxygen atoms in total. The van der Waals surface area contributed by atoms with Crippen LogP contribution in [0.15, 0.2) is 34.7 Å². The summed E-state index contributed by atoms with van der Waals surface area (Å²) in [6.07, 6.45) is 0. The molecule has 1 aromatic heterocycles. The van der Waals surface area contributed by atoms with E-state index < -0.39 is 16.9 Å². The summed E-state index contributed by atoms with van der Waals surface area (Å²) in [4.78, 5) is 10.7.